The molecule has 2 heterocycles. The van der Waals surface area contributed by atoms with Crippen molar-refractivity contribution in [3.05, 3.63) is 0 Å². The predicted octanol–water partition coefficient (Wildman–Crippen LogP) is 5.07. The lowest BCUT2D eigenvalue weighted by molar-refractivity contribution is -0.228. The molecular weight excluding hydrogens is 476 g/mol. The summed E-state index contributed by atoms with van der Waals surface area (Å²) in [7, 11) is 0. The minimum atomic E-state index is -1.58. The number of aliphatic carboxylic acids is 1. The van der Waals surface area contributed by atoms with E-state index in [0.717, 1.165) is 19.3 Å². The number of hydrogen-bond donors (Lipinski definition) is 1. The molecule has 208 valence electrons. The lowest BCUT2D eigenvalue weighted by atomic mass is 9.38. The van der Waals surface area contributed by atoms with Crippen LogP contribution in [-0.4, -0.2) is 47.3 Å². The van der Waals surface area contributed by atoms with Crippen molar-refractivity contribution in [2.24, 2.45) is 39.9 Å². The molecule has 0 radical (unpaired) electrons. The summed E-state index contributed by atoms with van der Waals surface area (Å²) < 4.78 is 24.0. The highest BCUT2D eigenvalue weighted by Gasteiger charge is 2.69. The van der Waals surface area contributed by atoms with Crippen LogP contribution >= 0.6 is 0 Å². The summed E-state index contributed by atoms with van der Waals surface area (Å²) in [6, 6.07) is 0. The van der Waals surface area contributed by atoms with Gasteiger partial charge < -0.3 is 24.1 Å². The fraction of sp³-hybridized carbons (Fsp3) is 0.897. The van der Waals surface area contributed by atoms with Gasteiger partial charge in [-0.1, -0.05) is 34.1 Å². The topological polar surface area (TPSA) is 108 Å². The summed E-state index contributed by atoms with van der Waals surface area (Å²) in [5.74, 6) is -0.883. The summed E-state index contributed by atoms with van der Waals surface area (Å²) >= 11 is 0. The zero-order chi connectivity index (χ0) is 27.0. The number of esters is 2. The highest BCUT2D eigenvalue weighted by Crippen LogP contribution is 2.71. The van der Waals surface area contributed by atoms with Gasteiger partial charge in [-0.05, 0) is 78.9 Å². The number of carbonyl (C=O) groups excluding carboxylic acids is 2. The minimum Gasteiger partial charge on any atom is -0.481 e. The van der Waals surface area contributed by atoms with E-state index in [1.165, 1.54) is 39.5 Å². The maximum Gasteiger partial charge on any atom is 0.306 e. The van der Waals surface area contributed by atoms with Gasteiger partial charge in [0.1, 0.15) is 6.10 Å². The molecule has 5 aliphatic rings. The Labute approximate surface area is 220 Å². The normalized spacial score (nSPS) is 48.0. The third-order valence-corrected chi connectivity index (χ3v) is 11.4. The zero-order valence-electron chi connectivity index (χ0n) is 23.2. The van der Waals surface area contributed by atoms with Crippen LogP contribution in [0.25, 0.3) is 0 Å². The molecule has 0 aromatic carbocycles. The zero-order valence-corrected chi connectivity index (χ0v) is 23.2. The van der Waals surface area contributed by atoms with Gasteiger partial charge in [0.2, 0.25) is 6.29 Å². The lowest BCUT2D eigenvalue weighted by Gasteiger charge is -2.67. The van der Waals surface area contributed by atoms with E-state index >= 15 is 0 Å². The maximum absolute atomic E-state index is 12.3. The molecule has 10 atom stereocenters. The van der Waals surface area contributed by atoms with E-state index < -0.39 is 48.6 Å². The molecule has 3 saturated carbocycles. The van der Waals surface area contributed by atoms with E-state index in [1.807, 2.05) is 0 Å². The van der Waals surface area contributed by atoms with E-state index in [4.69, 9.17) is 18.9 Å². The smallest absolute Gasteiger partial charge is 0.306 e. The minimum absolute atomic E-state index is 0.00675. The summed E-state index contributed by atoms with van der Waals surface area (Å²) in [5, 5.41) is 9.87. The number of hydrogen-bond acceptors (Lipinski definition) is 7. The Kier molecular flexibility index (Phi) is 6.50. The van der Waals surface area contributed by atoms with Gasteiger partial charge in [-0.25, -0.2) is 0 Å². The van der Waals surface area contributed by atoms with E-state index in [0.29, 0.717) is 23.7 Å². The summed E-state index contributed by atoms with van der Waals surface area (Å²) in [6.45, 7) is 12.4. The van der Waals surface area contributed by atoms with Gasteiger partial charge in [-0.2, -0.15) is 0 Å². The first-order valence-corrected chi connectivity index (χ1v) is 14.1. The molecule has 2 bridgehead atoms. The molecule has 0 spiro atoms. The summed E-state index contributed by atoms with van der Waals surface area (Å²) in [5.41, 5.74) is -1.03. The summed E-state index contributed by atoms with van der Waals surface area (Å²) in [6.07, 6.45) is 5.12. The number of ether oxygens (including phenoxy) is 4. The van der Waals surface area contributed by atoms with Crippen molar-refractivity contribution in [1.82, 2.24) is 0 Å². The highest BCUT2D eigenvalue weighted by molar-refractivity contribution is 5.70. The van der Waals surface area contributed by atoms with Crippen LogP contribution in [0.5, 0.6) is 0 Å². The van der Waals surface area contributed by atoms with Gasteiger partial charge in [0.05, 0.1) is 6.42 Å². The monoisotopic (exact) mass is 520 g/mol. The second kappa shape index (κ2) is 8.94. The number of carboxylic acid groups (broad SMARTS) is 1. The van der Waals surface area contributed by atoms with Gasteiger partial charge in [-0.15, -0.1) is 0 Å². The quantitative estimate of drug-likeness (QED) is 0.512. The molecule has 1 N–H and O–H groups in total. The molecular formula is C29H44O8. The molecule has 5 rings (SSSR count). The van der Waals surface area contributed by atoms with Gasteiger partial charge in [0.15, 0.2) is 11.9 Å². The number of carbonyl (C=O) groups is 3. The van der Waals surface area contributed by atoms with Crippen molar-refractivity contribution in [3.63, 3.8) is 0 Å². The van der Waals surface area contributed by atoms with Crippen LogP contribution in [0.15, 0.2) is 0 Å². The molecule has 8 nitrogen and oxygen atoms in total. The fourth-order valence-corrected chi connectivity index (χ4v) is 10.1. The van der Waals surface area contributed by atoms with Crippen molar-refractivity contribution in [3.8, 4) is 0 Å². The third-order valence-electron chi connectivity index (χ3n) is 11.4. The SMILES string of the molecule is CC(=O)O[C@H]1O[C@@H]2O[C@]1(CC(=O)O)[C@H](OC(C)=O)C[C@@H]1[C@@H]2CCC2[C@@]3(C)CCCC(C)(C)C3CC[C@]21C. The van der Waals surface area contributed by atoms with Gasteiger partial charge in [0.25, 0.3) is 0 Å². The second-order valence-electron chi connectivity index (χ2n) is 13.8. The molecule has 2 unspecified atom stereocenters. The number of fused-ring (bicyclic) bond motifs is 8. The molecule has 2 saturated heterocycles. The Morgan fingerprint density at radius 3 is 2.24 bits per heavy atom. The lowest BCUT2D eigenvalue weighted by Crippen LogP contribution is -2.61. The van der Waals surface area contributed by atoms with Crippen LogP contribution in [0.2, 0.25) is 0 Å². The molecule has 0 aromatic rings. The van der Waals surface area contributed by atoms with Crippen LogP contribution in [0.3, 0.4) is 0 Å². The standard InChI is InChI=1S/C29H44O8/c1-16(30)34-22-14-19-18(24-36-25(35-17(2)31)29(22,37-24)15-23(32)33)8-9-21-27(19,5)13-10-20-26(3,4)11-7-12-28(20,21)6/h18-22,24-25H,7-15H2,1-6H3,(H,32,33)/t18-,19+,20?,21?,22+,24+,25-,27-,28-,29+/m0/s1. The largest absolute Gasteiger partial charge is 0.481 e. The third kappa shape index (κ3) is 4.12. The van der Waals surface area contributed by atoms with E-state index in [2.05, 4.69) is 27.7 Å². The Hall–Kier alpha value is -1.67. The average Bonchev–Trinajstić information content (AvgIpc) is 3.03. The average molecular weight is 521 g/mol. The second-order valence-corrected chi connectivity index (χ2v) is 13.8. The first-order chi connectivity index (χ1) is 17.2. The number of rotatable bonds is 4. The van der Waals surface area contributed by atoms with E-state index in [-0.39, 0.29) is 22.7 Å². The maximum atomic E-state index is 12.3. The van der Waals surface area contributed by atoms with Crippen molar-refractivity contribution in [1.29, 1.82) is 0 Å². The fourth-order valence-electron chi connectivity index (χ4n) is 10.1. The van der Waals surface area contributed by atoms with Crippen molar-refractivity contribution in [2.45, 2.75) is 124 Å². The van der Waals surface area contributed by atoms with Crippen LogP contribution in [-0.2, 0) is 33.3 Å². The van der Waals surface area contributed by atoms with E-state index in [9.17, 15) is 19.5 Å². The van der Waals surface area contributed by atoms with Crippen molar-refractivity contribution in [2.75, 3.05) is 0 Å². The Morgan fingerprint density at radius 1 is 0.892 bits per heavy atom. The Balaban J connectivity index is 1.55. The summed E-state index contributed by atoms with van der Waals surface area (Å²) in [4.78, 5) is 36.4. The van der Waals surface area contributed by atoms with Gasteiger partial charge in [0, 0.05) is 19.8 Å². The van der Waals surface area contributed by atoms with Crippen LogP contribution in [0.1, 0.15) is 99.3 Å². The first-order valence-electron chi connectivity index (χ1n) is 14.1. The predicted molar refractivity (Wildman–Crippen MR) is 133 cm³/mol. The van der Waals surface area contributed by atoms with Crippen molar-refractivity contribution < 1.29 is 38.4 Å². The molecule has 0 aromatic heterocycles. The molecule has 2 aliphatic heterocycles. The van der Waals surface area contributed by atoms with Crippen molar-refractivity contribution >= 4 is 17.9 Å². The highest BCUT2D eigenvalue weighted by atomic mass is 16.8. The molecule has 37 heavy (non-hydrogen) atoms. The Morgan fingerprint density at radius 2 is 1.59 bits per heavy atom. The Bertz CT molecular complexity index is 962. The molecule has 8 heteroatoms. The number of carboxylic acids is 1. The molecule has 5 fully saturated rings. The van der Waals surface area contributed by atoms with Crippen LogP contribution < -0.4 is 0 Å². The van der Waals surface area contributed by atoms with Gasteiger partial charge >= 0.3 is 17.9 Å². The van der Waals surface area contributed by atoms with Crippen LogP contribution in [0.4, 0.5) is 0 Å². The first kappa shape index (κ1) is 26.9. The van der Waals surface area contributed by atoms with Gasteiger partial charge in [-0.3, -0.25) is 14.4 Å². The molecule has 3 aliphatic carbocycles. The van der Waals surface area contributed by atoms with E-state index in [1.54, 1.807) is 0 Å². The molecule has 0 amide bonds. The van der Waals surface area contributed by atoms with Crippen LogP contribution in [0, 0.1) is 39.9 Å².